The fourth-order valence-electron chi connectivity index (χ4n) is 3.02. The molecule has 0 saturated heterocycles. The van der Waals surface area contributed by atoms with E-state index in [0.717, 1.165) is 10.1 Å². The predicted molar refractivity (Wildman–Crippen MR) is 106 cm³/mol. The van der Waals surface area contributed by atoms with Crippen LogP contribution in [0.2, 0.25) is 0 Å². The van der Waals surface area contributed by atoms with Crippen molar-refractivity contribution in [3.8, 4) is 0 Å². The monoisotopic (exact) mass is 433 g/mol. The Bertz CT molecular complexity index is 1130. The number of rotatable bonds is 4. The van der Waals surface area contributed by atoms with E-state index in [0.29, 0.717) is 10.4 Å². The van der Waals surface area contributed by atoms with E-state index < -0.39 is 11.2 Å². The zero-order valence-corrected chi connectivity index (χ0v) is 17.1. The largest absolute Gasteiger partial charge is 0.337 e. The summed E-state index contributed by atoms with van der Waals surface area (Å²) < 4.78 is 4.18. The van der Waals surface area contributed by atoms with Gasteiger partial charge in [0.1, 0.15) is 6.54 Å². The van der Waals surface area contributed by atoms with E-state index in [1.807, 2.05) is 37.3 Å². The van der Waals surface area contributed by atoms with Crippen LogP contribution in [0.5, 0.6) is 0 Å². The van der Waals surface area contributed by atoms with Gasteiger partial charge in [-0.15, -0.1) is 0 Å². The van der Waals surface area contributed by atoms with Crippen LogP contribution in [0.25, 0.3) is 11.2 Å². The minimum Gasteiger partial charge on any atom is -0.337 e. The number of hydrogen-bond donors (Lipinski definition) is 0. The van der Waals surface area contributed by atoms with Gasteiger partial charge in [0.05, 0.1) is 6.04 Å². The second-order valence-corrected chi connectivity index (χ2v) is 7.15. The summed E-state index contributed by atoms with van der Waals surface area (Å²) in [6, 6.07) is 9.58. The van der Waals surface area contributed by atoms with Crippen LogP contribution in [0.3, 0.4) is 0 Å². The van der Waals surface area contributed by atoms with Crippen molar-refractivity contribution in [2.24, 2.45) is 14.1 Å². The van der Waals surface area contributed by atoms with Gasteiger partial charge in [0.2, 0.25) is 5.91 Å². The molecular formula is C18H20BrN5O3. The first-order valence-corrected chi connectivity index (χ1v) is 9.15. The minimum absolute atomic E-state index is 0.0504. The van der Waals surface area contributed by atoms with E-state index in [1.165, 1.54) is 16.2 Å². The van der Waals surface area contributed by atoms with Crippen molar-refractivity contribution < 1.29 is 4.79 Å². The number of aryl methyl sites for hydroxylation is 1. The Balaban J connectivity index is 1.99. The Morgan fingerprint density at radius 3 is 2.44 bits per heavy atom. The number of amides is 1. The van der Waals surface area contributed by atoms with Gasteiger partial charge in [0.25, 0.3) is 5.56 Å². The molecule has 0 spiro atoms. The summed E-state index contributed by atoms with van der Waals surface area (Å²) >= 11 is 3.30. The Kier molecular flexibility index (Phi) is 5.05. The fourth-order valence-corrected chi connectivity index (χ4v) is 3.49. The van der Waals surface area contributed by atoms with Crippen molar-refractivity contribution in [2.75, 3.05) is 7.05 Å². The van der Waals surface area contributed by atoms with Crippen LogP contribution in [0.4, 0.5) is 0 Å². The van der Waals surface area contributed by atoms with Gasteiger partial charge in [-0.3, -0.25) is 23.3 Å². The highest BCUT2D eigenvalue weighted by molar-refractivity contribution is 9.10. The quantitative estimate of drug-likeness (QED) is 0.582. The normalized spacial score (nSPS) is 12.3. The number of aromatic nitrogens is 4. The molecule has 0 fully saturated rings. The number of carbonyl (C=O) groups is 1. The van der Waals surface area contributed by atoms with Crippen LogP contribution in [0, 0.1) is 0 Å². The van der Waals surface area contributed by atoms with Gasteiger partial charge in [-0.1, -0.05) is 30.3 Å². The zero-order valence-electron chi connectivity index (χ0n) is 15.5. The average molecular weight is 434 g/mol. The molecule has 3 aromatic rings. The molecule has 2 aromatic heterocycles. The second-order valence-electron chi connectivity index (χ2n) is 6.44. The van der Waals surface area contributed by atoms with E-state index >= 15 is 0 Å². The molecule has 0 radical (unpaired) electrons. The van der Waals surface area contributed by atoms with E-state index in [1.54, 1.807) is 19.0 Å². The van der Waals surface area contributed by atoms with Gasteiger partial charge in [0.15, 0.2) is 15.9 Å². The second kappa shape index (κ2) is 7.15. The third-order valence-corrected chi connectivity index (χ3v) is 5.45. The van der Waals surface area contributed by atoms with Gasteiger partial charge in [-0.2, -0.15) is 0 Å². The highest BCUT2D eigenvalue weighted by atomic mass is 79.9. The molecule has 1 atom stereocenters. The average Bonchev–Trinajstić information content (AvgIpc) is 3.00. The lowest BCUT2D eigenvalue weighted by Gasteiger charge is -2.26. The SMILES string of the molecule is CC(c1ccccc1)N(C)C(=O)Cn1c(Br)nc2c(=O)n(C)c(=O)n(C)c21. The van der Waals surface area contributed by atoms with E-state index in [4.69, 9.17) is 0 Å². The molecule has 8 nitrogen and oxygen atoms in total. The molecule has 27 heavy (non-hydrogen) atoms. The molecule has 0 aliphatic rings. The number of fused-ring (bicyclic) bond motifs is 1. The highest BCUT2D eigenvalue weighted by Crippen LogP contribution is 2.21. The molecular weight excluding hydrogens is 414 g/mol. The standard InChI is InChI=1S/C18H20BrN5O3/c1-11(12-8-6-5-7-9-12)21(2)13(25)10-24-15-14(20-17(24)19)16(26)23(4)18(27)22(15)3/h5-9,11H,10H2,1-4H3. The Hall–Kier alpha value is -2.68. The fraction of sp³-hybridized carbons (Fsp3) is 0.333. The number of imidazole rings is 1. The summed E-state index contributed by atoms with van der Waals surface area (Å²) in [5.74, 6) is -0.167. The maximum atomic E-state index is 12.9. The van der Waals surface area contributed by atoms with Crippen molar-refractivity contribution in [1.82, 2.24) is 23.6 Å². The maximum absolute atomic E-state index is 12.9. The molecule has 1 amide bonds. The first kappa shape index (κ1) is 19.1. The number of halogens is 1. The van der Waals surface area contributed by atoms with Crippen molar-refractivity contribution in [3.05, 3.63) is 61.5 Å². The van der Waals surface area contributed by atoms with E-state index in [2.05, 4.69) is 20.9 Å². The Morgan fingerprint density at radius 2 is 1.81 bits per heavy atom. The lowest BCUT2D eigenvalue weighted by Crippen LogP contribution is -2.38. The molecule has 0 N–H and O–H groups in total. The van der Waals surface area contributed by atoms with Crippen LogP contribution >= 0.6 is 15.9 Å². The molecule has 142 valence electrons. The molecule has 0 bridgehead atoms. The van der Waals surface area contributed by atoms with Gasteiger partial charge < -0.3 is 4.90 Å². The summed E-state index contributed by atoms with van der Waals surface area (Å²) in [4.78, 5) is 43.3. The van der Waals surface area contributed by atoms with Crippen LogP contribution < -0.4 is 11.2 Å². The number of benzene rings is 1. The lowest BCUT2D eigenvalue weighted by molar-refractivity contribution is -0.132. The highest BCUT2D eigenvalue weighted by Gasteiger charge is 2.22. The third-order valence-electron chi connectivity index (χ3n) is 4.84. The van der Waals surface area contributed by atoms with Gasteiger partial charge >= 0.3 is 5.69 Å². The van der Waals surface area contributed by atoms with Crippen molar-refractivity contribution in [1.29, 1.82) is 0 Å². The van der Waals surface area contributed by atoms with Crippen LogP contribution in [-0.2, 0) is 25.4 Å². The predicted octanol–water partition coefficient (Wildman–Crippen LogP) is 1.42. The Morgan fingerprint density at radius 1 is 1.19 bits per heavy atom. The topological polar surface area (TPSA) is 82.1 Å². The van der Waals surface area contributed by atoms with Crippen molar-refractivity contribution >= 4 is 33.0 Å². The van der Waals surface area contributed by atoms with Crippen LogP contribution in [-0.4, -0.2) is 36.5 Å². The first-order valence-electron chi connectivity index (χ1n) is 8.36. The summed E-state index contributed by atoms with van der Waals surface area (Å²) in [6.07, 6.45) is 0. The zero-order chi connectivity index (χ0) is 19.9. The number of likely N-dealkylation sites (N-methyl/N-ethyl adjacent to an activating group) is 1. The molecule has 2 heterocycles. The molecule has 0 aliphatic heterocycles. The summed E-state index contributed by atoms with van der Waals surface area (Å²) in [6.45, 7) is 1.89. The van der Waals surface area contributed by atoms with Crippen LogP contribution in [0.15, 0.2) is 44.7 Å². The van der Waals surface area contributed by atoms with Crippen LogP contribution in [0.1, 0.15) is 18.5 Å². The van der Waals surface area contributed by atoms with Crippen molar-refractivity contribution in [2.45, 2.75) is 19.5 Å². The van der Waals surface area contributed by atoms with Crippen molar-refractivity contribution in [3.63, 3.8) is 0 Å². The van der Waals surface area contributed by atoms with E-state index in [9.17, 15) is 14.4 Å². The summed E-state index contributed by atoms with van der Waals surface area (Å²) in [7, 11) is 4.68. The molecule has 1 unspecified atom stereocenters. The van der Waals surface area contributed by atoms with Gasteiger partial charge in [-0.25, -0.2) is 9.78 Å². The van der Waals surface area contributed by atoms with Gasteiger partial charge in [0, 0.05) is 21.1 Å². The number of carbonyl (C=O) groups excluding carboxylic acids is 1. The molecule has 3 rings (SSSR count). The summed E-state index contributed by atoms with van der Waals surface area (Å²) in [5, 5.41) is 0. The minimum atomic E-state index is -0.494. The molecule has 0 aliphatic carbocycles. The maximum Gasteiger partial charge on any atom is 0.332 e. The molecule has 1 aromatic carbocycles. The lowest BCUT2D eigenvalue weighted by atomic mass is 10.1. The van der Waals surface area contributed by atoms with E-state index in [-0.39, 0.29) is 24.0 Å². The molecule has 9 heteroatoms. The first-order chi connectivity index (χ1) is 12.7. The number of nitrogens with zero attached hydrogens (tertiary/aromatic N) is 5. The number of hydrogen-bond acceptors (Lipinski definition) is 4. The molecule has 0 saturated carbocycles. The third kappa shape index (κ3) is 3.23. The summed E-state index contributed by atoms with van der Waals surface area (Å²) in [5.41, 5.74) is 0.497. The van der Waals surface area contributed by atoms with Gasteiger partial charge in [-0.05, 0) is 28.4 Å². The Labute approximate surface area is 163 Å². The smallest absolute Gasteiger partial charge is 0.332 e.